The first kappa shape index (κ1) is 95.8. The van der Waals surface area contributed by atoms with E-state index in [0.29, 0.717) is 75.0 Å². The summed E-state index contributed by atoms with van der Waals surface area (Å²) in [5, 5.41) is 33.8. The highest BCUT2D eigenvalue weighted by Gasteiger charge is 2.18. The normalized spacial score (nSPS) is 10.0. The number of carbonyl (C=O) groups excluding carboxylic acids is 7. The summed E-state index contributed by atoms with van der Waals surface area (Å²) in [6, 6.07) is 37.6. The van der Waals surface area contributed by atoms with Gasteiger partial charge in [-0.05, 0) is 87.5 Å². The lowest BCUT2D eigenvalue weighted by Crippen LogP contribution is -2.22. The lowest BCUT2D eigenvalue weighted by molar-refractivity contribution is -0.156. The molecule has 5 aromatic carbocycles. The van der Waals surface area contributed by atoms with Crippen LogP contribution in [0.25, 0.3) is 45.6 Å². The Morgan fingerprint density at radius 1 is 0.492 bits per heavy atom. The van der Waals surface area contributed by atoms with Crippen LogP contribution < -0.4 is 48.4 Å². The van der Waals surface area contributed by atoms with E-state index in [2.05, 4.69) is 85.1 Å². The maximum atomic E-state index is 13.1. The number of para-hydroxylation sites is 5. The number of nitrogen functional groups attached to an aromatic ring is 3. The summed E-state index contributed by atoms with van der Waals surface area (Å²) in [5.74, 6) is -1.87. The Kier molecular flexibility index (Phi) is 38.7. The van der Waals surface area contributed by atoms with Crippen LogP contribution in [0.15, 0.2) is 212 Å². The Morgan fingerprint density at radius 3 is 1.33 bits per heavy atom. The van der Waals surface area contributed by atoms with Crippen LogP contribution in [0.2, 0.25) is 0 Å². The topological polar surface area (TPSA) is 645 Å². The Morgan fingerprint density at radius 2 is 0.893 bits per heavy atom. The lowest BCUT2D eigenvalue weighted by atomic mass is 10.1. The van der Waals surface area contributed by atoms with Crippen molar-refractivity contribution in [1.29, 1.82) is 0 Å². The molecule has 8 aromatic heterocycles. The smallest absolute Gasteiger partial charge is 0.394 e. The number of esters is 4. The number of phenols is 2. The number of carboxylic acids is 1. The number of nitrogens with one attached hydrogen (secondary N) is 2. The van der Waals surface area contributed by atoms with Crippen LogP contribution in [0.3, 0.4) is 0 Å². The van der Waals surface area contributed by atoms with Crippen molar-refractivity contribution >= 4 is 122 Å². The van der Waals surface area contributed by atoms with Crippen LogP contribution in [0, 0.1) is 6.92 Å². The minimum atomic E-state index is -4.67. The van der Waals surface area contributed by atoms with Gasteiger partial charge in [0.15, 0.2) is 46.4 Å². The van der Waals surface area contributed by atoms with Gasteiger partial charge < -0.3 is 66.8 Å². The fraction of sp³-hybridized carbons (Fsp3) is 0.128. The number of aromatic carboxylic acids is 1. The molecule has 13 N–H and O–H groups in total. The number of nitrogens with zero attached hydrogens (tertiary/aromatic N) is 16. The fourth-order valence-corrected chi connectivity index (χ4v) is 9.20. The van der Waals surface area contributed by atoms with Gasteiger partial charge in [-0.1, -0.05) is 72.8 Å². The Hall–Kier alpha value is -16.8. The van der Waals surface area contributed by atoms with Gasteiger partial charge in [-0.25, -0.2) is 84.2 Å². The van der Waals surface area contributed by atoms with Gasteiger partial charge in [-0.2, -0.15) is 8.42 Å². The minimum absolute atomic E-state index is 0.0116. The van der Waals surface area contributed by atoms with Crippen molar-refractivity contribution in [3.63, 3.8) is 0 Å². The standard InChI is InChI=1S/C21H16N4O3.C13H10N4O.C11H10N4O.C9H11N3O3.C8H8O3.C7H9N3O2.C5H5N3O2.C4H6O3.H2O4S/c1-28-17-9-5-6-14(19(17)26)10-11-18-24-20-16(12-22-13-23-20)21(27)25(18)15-7-3-2-4-8-15;1-9-16-12-11(7-14-8-15-12)13(18)17(9)10-5-3-2-4-6-10;12-10-9(6-13-7-14-10)11(16)15-8-4-2-1-3-5-8;1-3-15-9(14)7-4-10-5-11-8(7)12-6(2)13;1-11-7-4-2-3-6(5-9)8(7)10;1-2-12-7(11)5-3-9-4-10-6(5)8;6-4-3(5(9)10)1-7-2-8-4;1-3(5)7-4(2)6;1-5(2,3)4/h2-13,26H,1H3;2-8H,1H3;1-7H,(H,15,16)(H2,12,13,14);4-5H,3H2,1-2H3,(H,10,11,12,13);2-5,10H,1H3;3-4H,2H2,1H3,(H2,8,9,10);1-2H,(H,9,10)(H2,6,7,8);1-2H3;(H2,1,2,3,4)/b11-10+;;;;;;;;. The average molecular weight is 1690 g/mol. The first-order valence-electron chi connectivity index (χ1n) is 34.7. The summed E-state index contributed by atoms with van der Waals surface area (Å²) in [6.45, 7) is 9.47. The molecule has 0 fully saturated rings. The van der Waals surface area contributed by atoms with Crippen LogP contribution in [-0.4, -0.2) is 187 Å². The second-order valence-corrected chi connectivity index (χ2v) is 23.8. The molecule has 0 spiro atoms. The van der Waals surface area contributed by atoms with Crippen LogP contribution >= 0.6 is 0 Å². The van der Waals surface area contributed by atoms with Gasteiger partial charge in [0.2, 0.25) is 5.91 Å². The van der Waals surface area contributed by atoms with Gasteiger partial charge in [-0.15, -0.1) is 0 Å². The number of anilines is 5. The zero-order valence-electron chi connectivity index (χ0n) is 65.7. The molecule has 8 heterocycles. The Bertz CT molecular complexity index is 6000. The van der Waals surface area contributed by atoms with Crippen molar-refractivity contribution in [2.24, 2.45) is 0 Å². The minimum Gasteiger partial charge on any atom is -0.504 e. The predicted octanol–water partition coefficient (Wildman–Crippen LogP) is 7.12. The molecule has 632 valence electrons. The molecule has 2 amide bonds. The van der Waals surface area contributed by atoms with E-state index in [0.717, 1.165) is 11.9 Å². The molecule has 44 heteroatoms. The molecule has 13 rings (SSSR count). The van der Waals surface area contributed by atoms with Crippen molar-refractivity contribution in [3.05, 3.63) is 268 Å². The predicted molar refractivity (Wildman–Crippen MR) is 440 cm³/mol. The van der Waals surface area contributed by atoms with E-state index in [1.807, 2.05) is 78.9 Å². The van der Waals surface area contributed by atoms with Crippen molar-refractivity contribution in [2.45, 2.75) is 41.5 Å². The quantitative estimate of drug-likeness (QED) is 0.0160. The van der Waals surface area contributed by atoms with Crippen LogP contribution in [-0.2, 0) is 39.0 Å². The molecule has 0 unspecified atom stereocenters. The third kappa shape index (κ3) is 31.1. The number of rotatable bonds is 15. The summed E-state index contributed by atoms with van der Waals surface area (Å²) in [6.07, 6.45) is 19.8. The maximum absolute atomic E-state index is 13.1. The van der Waals surface area contributed by atoms with Gasteiger partial charge >= 0.3 is 40.2 Å². The van der Waals surface area contributed by atoms with E-state index < -0.39 is 40.2 Å². The highest BCUT2D eigenvalue weighted by molar-refractivity contribution is 7.79. The third-order valence-corrected chi connectivity index (χ3v) is 14.4. The second-order valence-electron chi connectivity index (χ2n) is 22.9. The van der Waals surface area contributed by atoms with E-state index >= 15 is 0 Å². The number of amides is 2. The Labute approximate surface area is 691 Å². The lowest BCUT2D eigenvalue weighted by Gasteiger charge is -2.11. The van der Waals surface area contributed by atoms with Crippen LogP contribution in [0.1, 0.15) is 104 Å². The number of aldehydes is 1. The largest absolute Gasteiger partial charge is 0.504 e. The Balaban J connectivity index is 0.000000253. The van der Waals surface area contributed by atoms with Gasteiger partial charge in [0, 0.05) is 69.2 Å². The zero-order valence-corrected chi connectivity index (χ0v) is 66.5. The number of aromatic nitrogens is 16. The molecule has 13 aromatic rings. The fourth-order valence-electron chi connectivity index (χ4n) is 9.20. The van der Waals surface area contributed by atoms with E-state index in [9.17, 15) is 58.2 Å². The number of hydrogen-bond acceptors (Lipinski definition) is 36. The van der Waals surface area contributed by atoms with Crippen molar-refractivity contribution in [1.82, 2.24) is 78.9 Å². The SMILES string of the molecule is CC(=O)OC(C)=O.CCOC(=O)c1cncnc1N.CCOC(=O)c1cncnc1NC(C)=O.COc1cccc(/C=C/c2nc3ncncc3c(=O)n2-c2ccccc2)c1O.COc1cccc(C=O)c1O.Cc1nc2ncncc2c(=O)n1-c1ccccc1.Nc1ncncc1C(=O)Nc1ccccc1.Nc1ncncc1C(=O)O.O=S(=O)(O)O. The molecule has 0 aliphatic heterocycles. The summed E-state index contributed by atoms with van der Waals surface area (Å²) in [5.41, 5.74) is 20.0. The number of benzene rings is 5. The van der Waals surface area contributed by atoms with Crippen LogP contribution in [0.5, 0.6) is 23.0 Å². The van der Waals surface area contributed by atoms with Gasteiger partial charge in [0.05, 0.1) is 44.4 Å². The molecular weight excluding hydrogens is 1620 g/mol. The molecule has 0 radical (unpaired) electrons. The van der Waals surface area contributed by atoms with E-state index in [1.165, 1.54) is 115 Å². The van der Waals surface area contributed by atoms with Crippen molar-refractivity contribution in [3.8, 4) is 34.4 Å². The maximum Gasteiger partial charge on any atom is 0.394 e. The van der Waals surface area contributed by atoms with E-state index in [-0.39, 0.29) is 92.1 Å². The molecule has 0 bridgehead atoms. The summed E-state index contributed by atoms with van der Waals surface area (Å²) >= 11 is 0. The number of aryl methyl sites for hydroxylation is 1. The number of hydrogen-bond donors (Lipinski definition) is 10. The number of carboxylic acid groups (broad SMARTS) is 1. The third-order valence-electron chi connectivity index (χ3n) is 14.4. The summed E-state index contributed by atoms with van der Waals surface area (Å²) in [7, 11) is -1.75. The summed E-state index contributed by atoms with van der Waals surface area (Å²) in [4.78, 5) is 165. The van der Waals surface area contributed by atoms with E-state index in [4.69, 9.17) is 58.8 Å². The number of carbonyl (C=O) groups is 8. The van der Waals surface area contributed by atoms with E-state index in [1.54, 1.807) is 80.0 Å². The molecule has 0 saturated carbocycles. The number of phenolic OH excluding ortho intramolecular Hbond substituents is 2. The van der Waals surface area contributed by atoms with Crippen LogP contribution in [0.4, 0.5) is 29.0 Å². The number of ether oxygens (including phenoxy) is 5. The number of aromatic hydroxyl groups is 2. The summed E-state index contributed by atoms with van der Waals surface area (Å²) < 4.78 is 58.0. The monoisotopic (exact) mass is 1690 g/mol. The second kappa shape index (κ2) is 49.2. The zero-order chi connectivity index (χ0) is 89.8. The highest BCUT2D eigenvalue weighted by atomic mass is 32.3. The van der Waals surface area contributed by atoms with Gasteiger partial charge in [0.25, 0.3) is 17.0 Å². The average Bonchev–Trinajstić information content (AvgIpc) is 0.772. The molecule has 0 aliphatic rings. The highest BCUT2D eigenvalue weighted by Crippen LogP contribution is 2.31. The van der Waals surface area contributed by atoms with Gasteiger partial charge in [-0.3, -0.25) is 51.8 Å². The molecular formula is C78H77N21O22S. The van der Waals surface area contributed by atoms with Gasteiger partial charge in [0.1, 0.15) is 100 Å². The number of methoxy groups -OCH3 is 2. The molecule has 0 saturated heterocycles. The first-order chi connectivity index (χ1) is 58.3. The van der Waals surface area contributed by atoms with Crippen molar-refractivity contribution in [2.75, 3.05) is 55.3 Å². The number of fused-ring (bicyclic) bond motifs is 2. The number of nitrogens with two attached hydrogens (primary N) is 3. The molecule has 0 atom stereocenters. The van der Waals surface area contributed by atoms with Crippen molar-refractivity contribution < 1.29 is 94.9 Å². The first-order valence-corrected chi connectivity index (χ1v) is 36.1. The molecule has 43 nitrogen and oxygen atoms in total. The molecule has 122 heavy (non-hydrogen) atoms. The molecule has 0 aliphatic carbocycles.